The summed E-state index contributed by atoms with van der Waals surface area (Å²) in [5.74, 6) is 1.69. The predicted molar refractivity (Wildman–Crippen MR) is 70.5 cm³/mol. The normalized spacial score (nSPS) is 15.9. The Morgan fingerprint density at radius 1 is 1.00 bits per heavy atom. The van der Waals surface area contributed by atoms with E-state index >= 15 is 0 Å². The van der Waals surface area contributed by atoms with Gasteiger partial charge in [-0.1, -0.05) is 48.5 Å². The van der Waals surface area contributed by atoms with Crippen LogP contribution in [0.5, 0.6) is 0 Å². The molecule has 0 spiro atoms. The molecule has 0 bridgehead atoms. The lowest BCUT2D eigenvalue weighted by atomic mass is 9.87. The predicted octanol–water partition coefficient (Wildman–Crippen LogP) is 3.26. The van der Waals surface area contributed by atoms with Gasteiger partial charge in [-0.25, -0.2) is 0 Å². The Kier molecular flexibility index (Phi) is 6.89. The van der Waals surface area contributed by atoms with E-state index in [0.29, 0.717) is 23.7 Å². The summed E-state index contributed by atoms with van der Waals surface area (Å²) in [4.78, 5) is 12.1. The average molecular weight is 227 g/mol. The minimum atomic E-state index is 0.0254. The fraction of sp³-hybridized carbons (Fsp3) is 0.929. The molecule has 0 aromatic heterocycles. The third kappa shape index (κ3) is 5.64. The highest BCUT2D eigenvalue weighted by Gasteiger charge is 2.24. The van der Waals surface area contributed by atoms with Gasteiger partial charge in [0.05, 0.1) is 6.04 Å². The molecule has 0 aliphatic heterocycles. The van der Waals surface area contributed by atoms with E-state index in [4.69, 9.17) is 0 Å². The van der Waals surface area contributed by atoms with E-state index in [-0.39, 0.29) is 12.0 Å². The third-order valence-corrected chi connectivity index (χ3v) is 3.19. The van der Waals surface area contributed by atoms with E-state index in [0.717, 1.165) is 6.42 Å². The Bertz CT molecular complexity index is 209. The van der Waals surface area contributed by atoms with Crippen LogP contribution in [0.25, 0.3) is 0 Å². The summed E-state index contributed by atoms with van der Waals surface area (Å²) in [6.07, 6.45) is 0.951. The maximum atomic E-state index is 12.1. The van der Waals surface area contributed by atoms with Crippen molar-refractivity contribution < 1.29 is 4.79 Å². The zero-order valence-electron chi connectivity index (χ0n) is 12.0. The smallest absolute Gasteiger partial charge is 0.152 e. The second kappa shape index (κ2) is 7.05. The lowest BCUT2D eigenvalue weighted by Crippen LogP contribution is -2.44. The molecule has 0 amide bonds. The highest BCUT2D eigenvalue weighted by atomic mass is 16.1. The van der Waals surface area contributed by atoms with Crippen LogP contribution in [0.3, 0.4) is 0 Å². The second-order valence-corrected chi connectivity index (χ2v) is 5.89. The van der Waals surface area contributed by atoms with Gasteiger partial charge in [0.15, 0.2) is 5.78 Å². The van der Waals surface area contributed by atoms with Crippen molar-refractivity contribution in [3.05, 3.63) is 0 Å². The first-order valence-electron chi connectivity index (χ1n) is 6.55. The van der Waals surface area contributed by atoms with Crippen LogP contribution < -0.4 is 5.32 Å². The van der Waals surface area contributed by atoms with Gasteiger partial charge in [-0.3, -0.25) is 4.79 Å². The van der Waals surface area contributed by atoms with Gasteiger partial charge in [-0.05, 0) is 18.3 Å². The molecule has 0 rings (SSSR count). The van der Waals surface area contributed by atoms with E-state index < -0.39 is 0 Å². The lowest BCUT2D eigenvalue weighted by Gasteiger charge is -2.26. The largest absolute Gasteiger partial charge is 0.305 e. The van der Waals surface area contributed by atoms with Crippen molar-refractivity contribution in [2.75, 3.05) is 0 Å². The zero-order chi connectivity index (χ0) is 12.9. The number of carbonyl (C=O) groups excluding carboxylic acids is 1. The highest BCUT2D eigenvalue weighted by molar-refractivity contribution is 5.85. The molecule has 0 saturated heterocycles. The first kappa shape index (κ1) is 15.6. The zero-order valence-corrected chi connectivity index (χ0v) is 12.0. The van der Waals surface area contributed by atoms with Crippen molar-refractivity contribution in [1.29, 1.82) is 0 Å². The molecule has 0 saturated carbocycles. The molecule has 1 N–H and O–H groups in total. The first-order valence-corrected chi connectivity index (χ1v) is 6.55. The van der Waals surface area contributed by atoms with Crippen LogP contribution in [0, 0.1) is 17.8 Å². The molecule has 2 atom stereocenters. The molecule has 0 aliphatic rings. The Hall–Kier alpha value is -0.370. The maximum absolute atomic E-state index is 12.1. The van der Waals surface area contributed by atoms with Crippen molar-refractivity contribution in [2.24, 2.45) is 17.8 Å². The summed E-state index contributed by atoms with van der Waals surface area (Å²) < 4.78 is 0. The molecule has 16 heavy (non-hydrogen) atoms. The molecule has 2 heteroatoms. The van der Waals surface area contributed by atoms with Crippen LogP contribution in [0.15, 0.2) is 0 Å². The number of ketones is 1. The number of nitrogens with one attached hydrogen (secondary N) is 1. The van der Waals surface area contributed by atoms with Gasteiger partial charge in [0.1, 0.15) is 0 Å². The van der Waals surface area contributed by atoms with E-state index in [9.17, 15) is 4.79 Å². The molecule has 0 heterocycles. The Labute approximate surface area is 101 Å². The summed E-state index contributed by atoms with van der Waals surface area (Å²) >= 11 is 0. The Morgan fingerprint density at radius 2 is 1.50 bits per heavy atom. The molecule has 0 aromatic rings. The van der Waals surface area contributed by atoms with Crippen LogP contribution in [-0.4, -0.2) is 17.9 Å². The summed E-state index contributed by atoms with van der Waals surface area (Å²) in [5.41, 5.74) is 0. The number of hydrogen-bond acceptors (Lipinski definition) is 2. The van der Waals surface area contributed by atoms with Crippen LogP contribution in [-0.2, 0) is 4.79 Å². The van der Waals surface area contributed by atoms with Gasteiger partial charge < -0.3 is 5.32 Å². The fourth-order valence-electron chi connectivity index (χ4n) is 1.72. The SMILES string of the molecule is CC(C)N[C@@H](CC(C)C(C)C)C(=O)C(C)C. The highest BCUT2D eigenvalue weighted by Crippen LogP contribution is 2.18. The van der Waals surface area contributed by atoms with E-state index in [1.165, 1.54) is 0 Å². The van der Waals surface area contributed by atoms with E-state index in [1.807, 2.05) is 13.8 Å². The van der Waals surface area contributed by atoms with Crippen molar-refractivity contribution in [3.8, 4) is 0 Å². The van der Waals surface area contributed by atoms with Crippen molar-refractivity contribution >= 4 is 5.78 Å². The van der Waals surface area contributed by atoms with Crippen LogP contribution in [0.2, 0.25) is 0 Å². The quantitative estimate of drug-likeness (QED) is 0.723. The molecular weight excluding hydrogens is 198 g/mol. The van der Waals surface area contributed by atoms with Gasteiger partial charge in [-0.2, -0.15) is 0 Å². The first-order chi connectivity index (χ1) is 7.25. The Morgan fingerprint density at radius 3 is 1.81 bits per heavy atom. The molecule has 1 unspecified atom stereocenters. The van der Waals surface area contributed by atoms with Crippen LogP contribution >= 0.6 is 0 Å². The van der Waals surface area contributed by atoms with Crippen LogP contribution in [0.1, 0.15) is 54.9 Å². The summed E-state index contributed by atoms with van der Waals surface area (Å²) in [5, 5.41) is 3.40. The van der Waals surface area contributed by atoms with E-state index in [1.54, 1.807) is 0 Å². The molecule has 96 valence electrons. The molecule has 0 aliphatic carbocycles. The molecular formula is C14H29NO. The molecule has 0 radical (unpaired) electrons. The molecule has 2 nitrogen and oxygen atoms in total. The maximum Gasteiger partial charge on any atom is 0.152 e. The summed E-state index contributed by atoms with van der Waals surface area (Å²) in [6.45, 7) is 14.8. The van der Waals surface area contributed by atoms with Gasteiger partial charge in [-0.15, -0.1) is 0 Å². The standard InChI is InChI=1S/C14H29NO/c1-9(2)12(7)8-13(15-11(5)6)14(16)10(3)4/h9-13,15H,8H2,1-7H3/t12?,13-/m0/s1. The van der Waals surface area contributed by atoms with Crippen molar-refractivity contribution in [3.63, 3.8) is 0 Å². The van der Waals surface area contributed by atoms with Gasteiger partial charge in [0.25, 0.3) is 0 Å². The number of carbonyl (C=O) groups is 1. The number of rotatable bonds is 7. The van der Waals surface area contributed by atoms with Crippen molar-refractivity contribution in [1.82, 2.24) is 5.32 Å². The minimum Gasteiger partial charge on any atom is -0.305 e. The van der Waals surface area contributed by atoms with Gasteiger partial charge >= 0.3 is 0 Å². The monoisotopic (exact) mass is 227 g/mol. The number of hydrogen-bond donors (Lipinski definition) is 1. The van der Waals surface area contributed by atoms with Crippen molar-refractivity contribution in [2.45, 2.75) is 67.0 Å². The minimum absolute atomic E-state index is 0.0254. The van der Waals surface area contributed by atoms with Crippen LogP contribution in [0.4, 0.5) is 0 Å². The second-order valence-electron chi connectivity index (χ2n) is 5.89. The summed E-state index contributed by atoms with van der Waals surface area (Å²) in [6, 6.07) is 0.393. The molecule has 0 aromatic carbocycles. The fourth-order valence-corrected chi connectivity index (χ4v) is 1.72. The van der Waals surface area contributed by atoms with E-state index in [2.05, 4.69) is 39.9 Å². The van der Waals surface area contributed by atoms with Gasteiger partial charge in [0.2, 0.25) is 0 Å². The lowest BCUT2D eigenvalue weighted by molar-refractivity contribution is -0.124. The third-order valence-electron chi connectivity index (χ3n) is 3.19. The summed E-state index contributed by atoms with van der Waals surface area (Å²) in [7, 11) is 0. The number of Topliss-reactive ketones (excluding diaryl/α,β-unsaturated/α-hetero) is 1. The topological polar surface area (TPSA) is 29.1 Å². The van der Waals surface area contributed by atoms with Gasteiger partial charge in [0, 0.05) is 12.0 Å². The Balaban J connectivity index is 4.49. The average Bonchev–Trinajstić information content (AvgIpc) is 2.14. The molecule has 0 fully saturated rings.